The van der Waals surface area contributed by atoms with E-state index < -0.39 is 11.2 Å². The quantitative estimate of drug-likeness (QED) is 0.420. The molecule has 4 aromatic rings. The van der Waals surface area contributed by atoms with E-state index in [1.54, 1.807) is 11.6 Å². The van der Waals surface area contributed by atoms with Gasteiger partial charge in [-0.1, -0.05) is 34.1 Å². The third kappa shape index (κ3) is 3.46. The molecule has 2 aromatic heterocycles. The number of hydrogen-bond acceptors (Lipinski definition) is 6. The van der Waals surface area contributed by atoms with Crippen LogP contribution in [0.5, 0.6) is 17.5 Å². The highest BCUT2D eigenvalue weighted by molar-refractivity contribution is 9.10. The number of halogens is 1. The molecule has 0 saturated carbocycles. The van der Waals surface area contributed by atoms with Crippen molar-refractivity contribution in [3.63, 3.8) is 0 Å². The number of fused-ring (bicyclic) bond motifs is 2. The molecule has 3 heterocycles. The number of aromatic nitrogens is 4. The van der Waals surface area contributed by atoms with Gasteiger partial charge in [-0.25, -0.2) is 4.79 Å². The van der Waals surface area contributed by atoms with E-state index in [9.17, 15) is 9.59 Å². The van der Waals surface area contributed by atoms with E-state index in [1.165, 1.54) is 11.6 Å². The van der Waals surface area contributed by atoms with Crippen LogP contribution in [-0.4, -0.2) is 25.5 Å². The molecule has 1 aliphatic rings. The van der Waals surface area contributed by atoms with Crippen LogP contribution in [0.2, 0.25) is 0 Å². The lowest BCUT2D eigenvalue weighted by Crippen LogP contribution is -2.37. The van der Waals surface area contributed by atoms with Crippen LogP contribution in [0.3, 0.4) is 0 Å². The lowest BCUT2D eigenvalue weighted by atomic mass is 10.2. The molecule has 0 bridgehead atoms. The van der Waals surface area contributed by atoms with Gasteiger partial charge in [0, 0.05) is 18.6 Å². The molecule has 32 heavy (non-hydrogen) atoms. The molecule has 0 fully saturated rings. The average molecular weight is 499 g/mol. The third-order valence-corrected chi connectivity index (χ3v) is 5.90. The minimum absolute atomic E-state index is 0.194. The Morgan fingerprint density at radius 2 is 1.72 bits per heavy atom. The lowest BCUT2D eigenvalue weighted by molar-refractivity contribution is 0.174. The van der Waals surface area contributed by atoms with E-state index in [4.69, 9.17) is 14.2 Å². The second-order valence-electron chi connectivity index (χ2n) is 7.46. The van der Waals surface area contributed by atoms with Gasteiger partial charge in [0.15, 0.2) is 22.7 Å². The van der Waals surface area contributed by atoms with Crippen LogP contribution in [0.1, 0.15) is 11.1 Å². The molecule has 0 amide bonds. The van der Waals surface area contributed by atoms with Crippen molar-refractivity contribution in [1.29, 1.82) is 0 Å². The zero-order chi connectivity index (χ0) is 22.4. The summed E-state index contributed by atoms with van der Waals surface area (Å²) in [5.74, 6) is 1.35. The molecule has 10 heteroatoms. The largest absolute Gasteiger partial charge is 0.460 e. The maximum Gasteiger partial charge on any atom is 0.332 e. The predicted molar refractivity (Wildman–Crippen MR) is 120 cm³/mol. The number of aryl methyl sites for hydroxylation is 1. The molecule has 164 valence electrons. The van der Waals surface area contributed by atoms with Gasteiger partial charge in [-0.05, 0) is 35.4 Å². The summed E-state index contributed by atoms with van der Waals surface area (Å²) in [6.07, 6.45) is 0. The van der Waals surface area contributed by atoms with Crippen LogP contribution in [0.4, 0.5) is 0 Å². The first-order valence-corrected chi connectivity index (χ1v) is 10.6. The Kier molecular flexibility index (Phi) is 5.01. The van der Waals surface area contributed by atoms with E-state index >= 15 is 0 Å². The maximum atomic E-state index is 13.0. The summed E-state index contributed by atoms with van der Waals surface area (Å²) in [4.78, 5) is 29.9. The van der Waals surface area contributed by atoms with Gasteiger partial charge in [0.05, 0.1) is 6.54 Å². The number of hydrogen-bond donors (Lipinski definition) is 0. The van der Waals surface area contributed by atoms with Gasteiger partial charge < -0.3 is 14.2 Å². The zero-order valence-electron chi connectivity index (χ0n) is 17.4. The molecule has 0 aliphatic carbocycles. The molecular weight excluding hydrogens is 480 g/mol. The Labute approximate surface area is 190 Å². The van der Waals surface area contributed by atoms with Gasteiger partial charge in [-0.2, -0.15) is 4.98 Å². The summed E-state index contributed by atoms with van der Waals surface area (Å²) in [6.45, 7) is 0.752. The minimum atomic E-state index is -0.446. The maximum absolute atomic E-state index is 13.0. The van der Waals surface area contributed by atoms with Gasteiger partial charge in [-0.15, -0.1) is 0 Å². The van der Waals surface area contributed by atoms with Crippen molar-refractivity contribution in [3.05, 3.63) is 78.9 Å². The Morgan fingerprint density at radius 1 is 1.00 bits per heavy atom. The van der Waals surface area contributed by atoms with Gasteiger partial charge in [0.25, 0.3) is 11.6 Å². The van der Waals surface area contributed by atoms with Crippen molar-refractivity contribution in [2.24, 2.45) is 14.1 Å². The van der Waals surface area contributed by atoms with E-state index in [0.29, 0.717) is 23.6 Å². The average Bonchev–Trinajstić information content (AvgIpc) is 3.40. The Balaban J connectivity index is 1.58. The van der Waals surface area contributed by atoms with E-state index in [2.05, 4.69) is 20.9 Å². The standard InChI is InChI=1S/C22H19BrN4O5/c1-25-19-18(20(28)26(2)22(25)29)27(10-13-3-6-15(23)7-4-13)21(24-19)30-11-14-5-8-16-17(9-14)32-12-31-16/h3-9H,10-12H2,1-2H3. The molecular formula is C22H19BrN4O5. The molecule has 2 aromatic carbocycles. The third-order valence-electron chi connectivity index (χ3n) is 5.37. The Morgan fingerprint density at radius 3 is 2.50 bits per heavy atom. The summed E-state index contributed by atoms with van der Waals surface area (Å²) in [7, 11) is 3.04. The second-order valence-corrected chi connectivity index (χ2v) is 8.38. The van der Waals surface area contributed by atoms with E-state index in [-0.39, 0.29) is 25.1 Å². The zero-order valence-corrected chi connectivity index (χ0v) is 19.0. The highest BCUT2D eigenvalue weighted by Gasteiger charge is 2.21. The smallest absolute Gasteiger partial charge is 0.332 e. The van der Waals surface area contributed by atoms with Crippen LogP contribution in [-0.2, 0) is 27.2 Å². The summed E-state index contributed by atoms with van der Waals surface area (Å²) in [6, 6.07) is 13.5. The van der Waals surface area contributed by atoms with Crippen LogP contribution >= 0.6 is 15.9 Å². The number of rotatable bonds is 5. The fourth-order valence-electron chi connectivity index (χ4n) is 3.63. The molecule has 0 unspecified atom stereocenters. The first kappa shape index (κ1) is 20.4. The molecule has 0 N–H and O–H groups in total. The lowest BCUT2D eigenvalue weighted by Gasteiger charge is -2.11. The summed E-state index contributed by atoms with van der Waals surface area (Å²) in [5.41, 5.74) is 1.52. The first-order valence-electron chi connectivity index (χ1n) is 9.84. The molecule has 0 radical (unpaired) electrons. The first-order chi connectivity index (χ1) is 15.4. The van der Waals surface area contributed by atoms with Crippen molar-refractivity contribution in [1.82, 2.24) is 18.7 Å². The molecule has 0 saturated heterocycles. The number of ether oxygens (including phenoxy) is 3. The van der Waals surface area contributed by atoms with Crippen molar-refractivity contribution in [2.45, 2.75) is 13.2 Å². The molecule has 0 atom stereocenters. The topological polar surface area (TPSA) is 89.5 Å². The highest BCUT2D eigenvalue weighted by atomic mass is 79.9. The molecule has 9 nitrogen and oxygen atoms in total. The van der Waals surface area contributed by atoms with E-state index in [1.807, 2.05) is 42.5 Å². The monoisotopic (exact) mass is 498 g/mol. The van der Waals surface area contributed by atoms with Crippen LogP contribution in [0, 0.1) is 0 Å². The van der Waals surface area contributed by atoms with Crippen LogP contribution in [0.25, 0.3) is 11.2 Å². The number of imidazole rings is 1. The van der Waals surface area contributed by atoms with Crippen molar-refractivity contribution >= 4 is 27.1 Å². The molecule has 0 spiro atoms. The van der Waals surface area contributed by atoms with E-state index in [0.717, 1.165) is 20.2 Å². The van der Waals surface area contributed by atoms with Gasteiger partial charge in [0.2, 0.25) is 6.79 Å². The highest BCUT2D eigenvalue weighted by Crippen LogP contribution is 2.33. The molecule has 5 rings (SSSR count). The van der Waals surface area contributed by atoms with Gasteiger partial charge >= 0.3 is 5.69 Å². The SMILES string of the molecule is Cn1c(=O)c2c(nc(OCc3ccc4c(c3)OCO4)n2Cc2ccc(Br)cc2)n(C)c1=O. The minimum Gasteiger partial charge on any atom is -0.460 e. The fourth-order valence-corrected chi connectivity index (χ4v) is 3.90. The second kappa shape index (κ2) is 7.86. The van der Waals surface area contributed by atoms with Crippen LogP contribution < -0.4 is 25.5 Å². The summed E-state index contributed by atoms with van der Waals surface area (Å²) in [5, 5.41) is 0. The fraction of sp³-hybridized carbons (Fsp3) is 0.227. The predicted octanol–water partition coefficient (Wildman–Crippen LogP) is 2.55. The van der Waals surface area contributed by atoms with Crippen molar-refractivity contribution in [2.75, 3.05) is 6.79 Å². The number of benzene rings is 2. The normalized spacial score (nSPS) is 12.5. The summed E-state index contributed by atoms with van der Waals surface area (Å²) < 4.78 is 21.9. The van der Waals surface area contributed by atoms with Crippen LogP contribution in [0.15, 0.2) is 56.5 Å². The van der Waals surface area contributed by atoms with Crippen molar-refractivity contribution < 1.29 is 14.2 Å². The Bertz CT molecular complexity index is 1450. The Hall–Kier alpha value is -3.53. The van der Waals surface area contributed by atoms with Gasteiger partial charge in [0.1, 0.15) is 6.61 Å². The number of nitrogens with zero attached hydrogens (tertiary/aromatic N) is 4. The molecule has 1 aliphatic heterocycles. The van der Waals surface area contributed by atoms with Crippen molar-refractivity contribution in [3.8, 4) is 17.5 Å². The van der Waals surface area contributed by atoms with Gasteiger partial charge in [-0.3, -0.25) is 18.5 Å². The summed E-state index contributed by atoms with van der Waals surface area (Å²) >= 11 is 3.43.